The van der Waals surface area contributed by atoms with Gasteiger partial charge in [0.1, 0.15) is 5.82 Å². The number of hydrogen-bond donors (Lipinski definition) is 0. The van der Waals surface area contributed by atoms with Gasteiger partial charge in [0, 0.05) is 37.7 Å². The molecule has 0 aliphatic carbocycles. The van der Waals surface area contributed by atoms with Gasteiger partial charge in [0.2, 0.25) is 15.2 Å². The van der Waals surface area contributed by atoms with Gasteiger partial charge in [0.25, 0.3) is 0 Å². The lowest BCUT2D eigenvalue weighted by Gasteiger charge is -2.21. The van der Waals surface area contributed by atoms with E-state index < -0.39 is 10.0 Å². The summed E-state index contributed by atoms with van der Waals surface area (Å²) in [6, 6.07) is 7.69. The van der Waals surface area contributed by atoms with Crippen LogP contribution in [0.2, 0.25) is 0 Å². The van der Waals surface area contributed by atoms with Crippen molar-refractivity contribution in [1.29, 1.82) is 0 Å². The lowest BCUT2D eigenvalue weighted by Crippen LogP contribution is -2.36. The molecule has 1 aromatic carbocycles. The van der Waals surface area contributed by atoms with Crippen LogP contribution in [0.25, 0.3) is 0 Å². The first kappa shape index (κ1) is 17.3. The lowest BCUT2D eigenvalue weighted by atomic mass is 10.2. The smallest absolute Gasteiger partial charge is 0.218 e. The maximum Gasteiger partial charge on any atom is 0.218 e. The van der Waals surface area contributed by atoms with E-state index in [0.29, 0.717) is 19.6 Å². The van der Waals surface area contributed by atoms with E-state index in [-0.39, 0.29) is 5.75 Å². The minimum Gasteiger partial charge on any atom is -0.345 e. The van der Waals surface area contributed by atoms with Gasteiger partial charge in [-0.15, -0.1) is 0 Å². The molecule has 2 heterocycles. The Morgan fingerprint density at radius 1 is 1.17 bits per heavy atom. The maximum absolute atomic E-state index is 12.7. The zero-order valence-corrected chi connectivity index (χ0v) is 15.6. The highest BCUT2D eigenvalue weighted by Gasteiger charge is 2.26. The van der Waals surface area contributed by atoms with Gasteiger partial charge >= 0.3 is 0 Å². The van der Waals surface area contributed by atoms with Crippen LogP contribution in [0.15, 0.2) is 24.3 Å². The van der Waals surface area contributed by atoms with E-state index in [1.54, 1.807) is 4.31 Å². The number of aromatic nitrogens is 2. The summed E-state index contributed by atoms with van der Waals surface area (Å²) in [6.45, 7) is 6.36. The summed E-state index contributed by atoms with van der Waals surface area (Å²) >= 11 is 1.38. The average molecular weight is 367 g/mol. The number of hydrogen-bond acceptors (Lipinski definition) is 6. The van der Waals surface area contributed by atoms with Crippen molar-refractivity contribution in [3.8, 4) is 0 Å². The first-order valence-electron chi connectivity index (χ1n) is 8.03. The molecule has 0 amide bonds. The highest BCUT2D eigenvalue weighted by Crippen LogP contribution is 2.20. The fourth-order valence-corrected chi connectivity index (χ4v) is 5.16. The van der Waals surface area contributed by atoms with Gasteiger partial charge < -0.3 is 4.90 Å². The third kappa shape index (κ3) is 4.12. The number of nitrogens with zero attached hydrogens (tertiary/aromatic N) is 4. The van der Waals surface area contributed by atoms with Gasteiger partial charge in [-0.1, -0.05) is 29.8 Å². The van der Waals surface area contributed by atoms with E-state index in [0.717, 1.165) is 35.0 Å². The van der Waals surface area contributed by atoms with Crippen LogP contribution >= 0.6 is 11.5 Å². The standard InChI is InChI=1S/C16H22N4O2S2/c1-13-5-3-6-15(11-13)12-24(21,22)20-8-4-7-19(9-10-20)16-17-14(2)18-23-16/h3,5-6,11H,4,7-10,12H2,1-2H3. The molecule has 0 unspecified atom stereocenters. The number of aryl methyl sites for hydroxylation is 2. The Morgan fingerprint density at radius 2 is 2.00 bits per heavy atom. The molecule has 0 N–H and O–H groups in total. The maximum atomic E-state index is 12.7. The van der Waals surface area contributed by atoms with Crippen LogP contribution in [0.4, 0.5) is 5.13 Å². The topological polar surface area (TPSA) is 66.4 Å². The van der Waals surface area contributed by atoms with E-state index in [1.165, 1.54) is 11.5 Å². The summed E-state index contributed by atoms with van der Waals surface area (Å²) in [7, 11) is -3.30. The average Bonchev–Trinajstić information content (AvgIpc) is 2.80. The third-order valence-corrected chi connectivity index (χ3v) is 6.79. The molecule has 0 radical (unpaired) electrons. The van der Waals surface area contributed by atoms with Crippen LogP contribution in [-0.2, 0) is 15.8 Å². The minimum absolute atomic E-state index is 0.0621. The zero-order valence-electron chi connectivity index (χ0n) is 14.0. The van der Waals surface area contributed by atoms with Crippen molar-refractivity contribution in [2.75, 3.05) is 31.1 Å². The molecule has 1 fully saturated rings. The van der Waals surface area contributed by atoms with Gasteiger partial charge in [0.05, 0.1) is 5.75 Å². The van der Waals surface area contributed by atoms with Gasteiger partial charge in [-0.05, 0) is 25.8 Å². The molecule has 1 aliphatic heterocycles. The highest BCUT2D eigenvalue weighted by molar-refractivity contribution is 7.88. The molecule has 130 valence electrons. The first-order chi connectivity index (χ1) is 11.4. The summed E-state index contributed by atoms with van der Waals surface area (Å²) in [4.78, 5) is 6.54. The Morgan fingerprint density at radius 3 is 2.71 bits per heavy atom. The normalized spacial score (nSPS) is 17.0. The molecular weight excluding hydrogens is 344 g/mol. The molecule has 1 saturated heterocycles. The lowest BCUT2D eigenvalue weighted by molar-refractivity contribution is 0.432. The fourth-order valence-electron chi connectivity index (χ4n) is 2.88. The quantitative estimate of drug-likeness (QED) is 0.830. The highest BCUT2D eigenvalue weighted by atomic mass is 32.2. The molecule has 0 saturated carbocycles. The summed E-state index contributed by atoms with van der Waals surface area (Å²) in [5.74, 6) is 0.829. The molecule has 0 atom stereocenters. The Balaban J connectivity index is 1.68. The van der Waals surface area contributed by atoms with Crippen LogP contribution in [-0.4, -0.2) is 48.3 Å². The van der Waals surface area contributed by atoms with Gasteiger partial charge in [-0.2, -0.15) is 8.68 Å². The van der Waals surface area contributed by atoms with Crippen LogP contribution in [0.1, 0.15) is 23.4 Å². The Hall–Kier alpha value is -1.51. The molecule has 0 spiro atoms. The number of rotatable bonds is 4. The van der Waals surface area contributed by atoms with Crippen LogP contribution in [0.5, 0.6) is 0 Å². The van der Waals surface area contributed by atoms with Crippen molar-refractivity contribution in [2.24, 2.45) is 0 Å². The third-order valence-electron chi connectivity index (χ3n) is 4.07. The number of anilines is 1. The molecule has 1 aromatic heterocycles. The van der Waals surface area contributed by atoms with Crippen molar-refractivity contribution >= 4 is 26.7 Å². The van der Waals surface area contributed by atoms with E-state index >= 15 is 0 Å². The minimum atomic E-state index is -3.30. The van der Waals surface area contributed by atoms with Crippen molar-refractivity contribution in [2.45, 2.75) is 26.0 Å². The van der Waals surface area contributed by atoms with E-state index in [2.05, 4.69) is 14.3 Å². The van der Waals surface area contributed by atoms with Crippen LogP contribution in [0.3, 0.4) is 0 Å². The largest absolute Gasteiger partial charge is 0.345 e. The molecule has 0 bridgehead atoms. The van der Waals surface area contributed by atoms with Crippen LogP contribution < -0.4 is 4.90 Å². The summed E-state index contributed by atoms with van der Waals surface area (Å²) in [6.07, 6.45) is 0.797. The number of benzene rings is 1. The van der Waals surface area contributed by atoms with E-state index in [1.807, 2.05) is 38.1 Å². The molecule has 24 heavy (non-hydrogen) atoms. The van der Waals surface area contributed by atoms with E-state index in [9.17, 15) is 8.42 Å². The van der Waals surface area contributed by atoms with Crippen molar-refractivity contribution in [3.63, 3.8) is 0 Å². The molecular formula is C16H22N4O2S2. The van der Waals surface area contributed by atoms with Crippen molar-refractivity contribution < 1.29 is 8.42 Å². The monoisotopic (exact) mass is 366 g/mol. The van der Waals surface area contributed by atoms with Crippen LogP contribution in [0, 0.1) is 13.8 Å². The Bertz CT molecular complexity index is 804. The van der Waals surface area contributed by atoms with Gasteiger partial charge in [-0.25, -0.2) is 13.4 Å². The molecule has 8 heteroatoms. The molecule has 3 rings (SSSR count). The summed E-state index contributed by atoms with van der Waals surface area (Å²) < 4.78 is 31.3. The second-order valence-corrected chi connectivity index (χ2v) is 8.81. The Labute approximate surface area is 147 Å². The summed E-state index contributed by atoms with van der Waals surface area (Å²) in [5.41, 5.74) is 1.92. The SMILES string of the molecule is Cc1cccc(CS(=O)(=O)N2CCCN(c3nc(C)ns3)CC2)c1. The zero-order chi connectivity index (χ0) is 17.2. The predicted octanol–water partition coefficient (Wildman–Crippen LogP) is 2.20. The Kier molecular flexibility index (Phi) is 5.17. The number of sulfonamides is 1. The molecule has 2 aromatic rings. The second kappa shape index (κ2) is 7.16. The summed E-state index contributed by atoms with van der Waals surface area (Å²) in [5, 5.41) is 0.880. The second-order valence-electron chi connectivity index (χ2n) is 6.11. The predicted molar refractivity (Wildman–Crippen MR) is 96.9 cm³/mol. The molecule has 6 nitrogen and oxygen atoms in total. The van der Waals surface area contributed by atoms with E-state index in [4.69, 9.17) is 0 Å². The van der Waals surface area contributed by atoms with Crippen molar-refractivity contribution in [3.05, 3.63) is 41.2 Å². The van der Waals surface area contributed by atoms with Gasteiger partial charge in [0.15, 0.2) is 0 Å². The first-order valence-corrected chi connectivity index (χ1v) is 10.4. The van der Waals surface area contributed by atoms with Crippen molar-refractivity contribution in [1.82, 2.24) is 13.7 Å². The molecule has 1 aliphatic rings. The van der Waals surface area contributed by atoms with Gasteiger partial charge in [-0.3, -0.25) is 0 Å². The fraction of sp³-hybridized carbons (Fsp3) is 0.500.